The van der Waals surface area contributed by atoms with Gasteiger partial charge in [-0.3, -0.25) is 9.59 Å². The first-order valence-electron chi connectivity index (χ1n) is 8.25. The summed E-state index contributed by atoms with van der Waals surface area (Å²) in [4.78, 5) is 46.3. The molecule has 0 saturated carbocycles. The van der Waals surface area contributed by atoms with Crippen LogP contribution in [-0.4, -0.2) is 47.2 Å². The van der Waals surface area contributed by atoms with E-state index in [0.717, 1.165) is 5.56 Å². The Bertz CT molecular complexity index is 668. The third-order valence-electron chi connectivity index (χ3n) is 3.04. The summed E-state index contributed by atoms with van der Waals surface area (Å²) in [5.41, 5.74) is 0.0236. The number of benzene rings is 1. The van der Waals surface area contributed by atoms with E-state index in [1.807, 2.05) is 6.07 Å². The van der Waals surface area contributed by atoms with Crippen LogP contribution in [0.5, 0.6) is 0 Å². The molecule has 0 aliphatic carbocycles. The van der Waals surface area contributed by atoms with Gasteiger partial charge in [-0.1, -0.05) is 30.3 Å². The normalized spacial score (nSPS) is 11.8. The minimum Gasteiger partial charge on any atom is -0.480 e. The Morgan fingerprint density at radius 2 is 1.74 bits per heavy atom. The molecule has 1 aromatic rings. The lowest BCUT2D eigenvalue weighted by atomic mass is 10.2. The number of alkyl carbamates (subject to hydrolysis) is 1. The fraction of sp³-hybridized carbons (Fsp3) is 0.444. The Morgan fingerprint density at radius 1 is 1.11 bits per heavy atom. The zero-order valence-corrected chi connectivity index (χ0v) is 15.5. The van der Waals surface area contributed by atoms with Crippen LogP contribution in [0, 0.1) is 0 Å². The molecule has 0 aromatic heterocycles. The van der Waals surface area contributed by atoms with Gasteiger partial charge in [-0.05, 0) is 26.3 Å². The van der Waals surface area contributed by atoms with E-state index < -0.39 is 48.5 Å². The number of nitrogens with one attached hydrogen (secondary N) is 2. The van der Waals surface area contributed by atoms with Crippen molar-refractivity contribution >= 4 is 23.9 Å². The lowest BCUT2D eigenvalue weighted by molar-refractivity contribution is -0.151. The lowest BCUT2D eigenvalue weighted by Crippen LogP contribution is -2.47. The fourth-order valence-corrected chi connectivity index (χ4v) is 1.88. The summed E-state index contributed by atoms with van der Waals surface area (Å²) < 4.78 is 9.96. The molecule has 1 unspecified atom stereocenters. The maximum absolute atomic E-state index is 11.8. The molecule has 9 nitrogen and oxygen atoms in total. The van der Waals surface area contributed by atoms with Gasteiger partial charge in [0, 0.05) is 0 Å². The van der Waals surface area contributed by atoms with Crippen molar-refractivity contribution in [2.24, 2.45) is 0 Å². The van der Waals surface area contributed by atoms with Gasteiger partial charge in [-0.15, -0.1) is 0 Å². The van der Waals surface area contributed by atoms with Crippen molar-refractivity contribution in [1.29, 1.82) is 0 Å². The van der Waals surface area contributed by atoms with Gasteiger partial charge in [0.1, 0.15) is 24.8 Å². The molecule has 2 amide bonds. The fourth-order valence-electron chi connectivity index (χ4n) is 1.88. The molecule has 0 aliphatic heterocycles. The second-order valence-corrected chi connectivity index (χ2v) is 6.66. The average molecular weight is 380 g/mol. The molecule has 9 heteroatoms. The molecular formula is C18H24N2O7. The number of carbonyl (C=O) groups is 4. The maximum Gasteiger partial charge on any atom is 0.408 e. The number of hydrogen-bond acceptors (Lipinski definition) is 6. The summed E-state index contributed by atoms with van der Waals surface area (Å²) in [7, 11) is 0. The van der Waals surface area contributed by atoms with Crippen LogP contribution in [-0.2, 0) is 30.5 Å². The third-order valence-corrected chi connectivity index (χ3v) is 3.04. The van der Waals surface area contributed by atoms with Crippen molar-refractivity contribution in [3.05, 3.63) is 35.9 Å². The highest BCUT2D eigenvalue weighted by Crippen LogP contribution is 2.06. The van der Waals surface area contributed by atoms with Crippen molar-refractivity contribution in [3.63, 3.8) is 0 Å². The van der Waals surface area contributed by atoms with E-state index in [1.54, 1.807) is 45.0 Å². The minimum atomic E-state index is -1.47. The van der Waals surface area contributed by atoms with Crippen LogP contribution in [0.3, 0.4) is 0 Å². The molecule has 1 aromatic carbocycles. The van der Waals surface area contributed by atoms with Crippen LogP contribution in [0.4, 0.5) is 4.79 Å². The summed E-state index contributed by atoms with van der Waals surface area (Å²) >= 11 is 0. The first-order chi connectivity index (χ1) is 12.6. The first-order valence-corrected chi connectivity index (χ1v) is 8.25. The second kappa shape index (κ2) is 10.1. The zero-order chi connectivity index (χ0) is 20.4. The van der Waals surface area contributed by atoms with E-state index in [-0.39, 0.29) is 6.61 Å². The number of amides is 2. The van der Waals surface area contributed by atoms with Crippen LogP contribution >= 0.6 is 0 Å². The van der Waals surface area contributed by atoms with E-state index in [4.69, 9.17) is 14.6 Å². The number of hydrogen-bond donors (Lipinski definition) is 3. The summed E-state index contributed by atoms with van der Waals surface area (Å²) in [6.45, 7) is 4.49. The molecule has 0 bridgehead atoms. The number of rotatable bonds is 8. The number of carbonyl (C=O) groups excluding carboxylic acids is 3. The molecule has 0 fully saturated rings. The zero-order valence-electron chi connectivity index (χ0n) is 15.5. The van der Waals surface area contributed by atoms with Crippen LogP contribution in [0.15, 0.2) is 30.3 Å². The Hall–Kier alpha value is -3.10. The molecule has 3 N–H and O–H groups in total. The Kier molecular flexibility index (Phi) is 8.25. The van der Waals surface area contributed by atoms with Gasteiger partial charge < -0.3 is 25.2 Å². The molecule has 0 aliphatic rings. The quantitative estimate of drug-likeness (QED) is 0.578. The summed E-state index contributed by atoms with van der Waals surface area (Å²) in [6.07, 6.45) is -1.35. The molecular weight excluding hydrogens is 356 g/mol. The van der Waals surface area contributed by atoms with Gasteiger partial charge in [0.05, 0.1) is 6.42 Å². The maximum atomic E-state index is 11.8. The van der Waals surface area contributed by atoms with Crippen LogP contribution < -0.4 is 10.6 Å². The van der Waals surface area contributed by atoms with Crippen molar-refractivity contribution < 1.29 is 33.8 Å². The number of ether oxygens (including phenoxy) is 2. The van der Waals surface area contributed by atoms with E-state index in [2.05, 4.69) is 10.6 Å². The highest BCUT2D eigenvalue weighted by Gasteiger charge is 2.24. The topological polar surface area (TPSA) is 131 Å². The molecule has 1 rings (SSSR count). The summed E-state index contributed by atoms with van der Waals surface area (Å²) in [5, 5.41) is 13.5. The predicted octanol–water partition coefficient (Wildman–Crippen LogP) is 1.21. The van der Waals surface area contributed by atoms with Crippen molar-refractivity contribution in [2.75, 3.05) is 6.54 Å². The van der Waals surface area contributed by atoms with E-state index in [1.165, 1.54) is 0 Å². The van der Waals surface area contributed by atoms with Crippen LogP contribution in [0.2, 0.25) is 0 Å². The Labute approximate surface area is 157 Å². The number of esters is 1. The smallest absolute Gasteiger partial charge is 0.408 e. The molecule has 148 valence electrons. The van der Waals surface area contributed by atoms with Crippen molar-refractivity contribution in [2.45, 2.75) is 45.4 Å². The SMILES string of the molecule is CC(C)(C)OC(=O)NCC(=O)NC(CC(=O)OCc1ccccc1)C(=O)O. The molecule has 0 spiro atoms. The number of carboxylic acid groups (broad SMARTS) is 1. The first kappa shape index (κ1) is 21.9. The van der Waals surface area contributed by atoms with Crippen molar-refractivity contribution in [3.8, 4) is 0 Å². The standard InChI is InChI=1S/C18H24N2O7/c1-18(2,3)27-17(25)19-10-14(21)20-13(16(23)24)9-15(22)26-11-12-7-5-4-6-8-12/h4-8,13H,9-11H2,1-3H3,(H,19,25)(H,20,21)(H,23,24). The van der Waals surface area contributed by atoms with E-state index in [9.17, 15) is 19.2 Å². The van der Waals surface area contributed by atoms with Gasteiger partial charge in [0.15, 0.2) is 0 Å². The van der Waals surface area contributed by atoms with Gasteiger partial charge in [-0.2, -0.15) is 0 Å². The third kappa shape index (κ3) is 9.83. The highest BCUT2D eigenvalue weighted by molar-refractivity contribution is 5.89. The lowest BCUT2D eigenvalue weighted by Gasteiger charge is -2.20. The largest absolute Gasteiger partial charge is 0.480 e. The van der Waals surface area contributed by atoms with Crippen LogP contribution in [0.25, 0.3) is 0 Å². The molecule has 0 saturated heterocycles. The minimum absolute atomic E-state index is 0.000157. The van der Waals surface area contributed by atoms with Gasteiger partial charge >= 0.3 is 18.0 Å². The summed E-state index contributed by atoms with van der Waals surface area (Å²) in [6, 6.07) is 7.41. The average Bonchev–Trinajstić information content (AvgIpc) is 2.57. The van der Waals surface area contributed by atoms with Gasteiger partial charge in [0.2, 0.25) is 5.91 Å². The molecule has 27 heavy (non-hydrogen) atoms. The highest BCUT2D eigenvalue weighted by atomic mass is 16.6. The summed E-state index contributed by atoms with van der Waals surface area (Å²) in [5.74, 6) is -2.94. The van der Waals surface area contributed by atoms with Crippen LogP contribution in [0.1, 0.15) is 32.8 Å². The number of aliphatic carboxylic acids is 1. The van der Waals surface area contributed by atoms with Crippen molar-refractivity contribution in [1.82, 2.24) is 10.6 Å². The second-order valence-electron chi connectivity index (χ2n) is 6.66. The van der Waals surface area contributed by atoms with E-state index in [0.29, 0.717) is 0 Å². The predicted molar refractivity (Wildman–Crippen MR) is 94.7 cm³/mol. The van der Waals surface area contributed by atoms with Gasteiger partial charge in [-0.25, -0.2) is 9.59 Å². The molecule has 0 heterocycles. The molecule has 0 radical (unpaired) electrons. The molecule has 1 atom stereocenters. The Morgan fingerprint density at radius 3 is 2.30 bits per heavy atom. The Balaban J connectivity index is 2.43. The number of carboxylic acids is 1. The van der Waals surface area contributed by atoms with E-state index >= 15 is 0 Å². The monoisotopic (exact) mass is 380 g/mol. The van der Waals surface area contributed by atoms with Gasteiger partial charge in [0.25, 0.3) is 0 Å².